The Morgan fingerprint density at radius 1 is 0.379 bits per heavy atom. The lowest BCUT2D eigenvalue weighted by atomic mass is 9.64. The second kappa shape index (κ2) is 12.1. The topological polar surface area (TPSA) is 63.0 Å². The maximum atomic E-state index is 2.47. The molecule has 0 radical (unpaired) electrons. The lowest BCUT2D eigenvalue weighted by molar-refractivity contribution is 0.100. The number of hydrogen-bond donors (Lipinski definition) is 0. The molecule has 0 unspecified atom stereocenters. The highest BCUT2D eigenvalue weighted by atomic mass is 16.0. The molecule has 4 saturated carbocycles. The lowest BCUT2D eigenvalue weighted by Crippen LogP contribution is -2.30. The van der Waals surface area contributed by atoms with Gasteiger partial charge in [-0.3, -0.25) is 0 Å². The van der Waals surface area contributed by atoms with Crippen molar-refractivity contribution in [3.63, 3.8) is 0 Å². The van der Waals surface area contributed by atoms with Crippen LogP contribution in [0, 0.1) is 47.3 Å². The van der Waals surface area contributed by atoms with Crippen LogP contribution in [-0.2, 0) is 0 Å². The maximum Gasteiger partial charge on any atom is -0.0386 e. The fraction of sp³-hybridized carbons (Fsp3) is 1.00. The van der Waals surface area contributed by atoms with E-state index >= 15 is 0 Å². The summed E-state index contributed by atoms with van der Waals surface area (Å²) in [5.74, 6) is 8.67. The summed E-state index contributed by atoms with van der Waals surface area (Å²) in [6, 6.07) is 0. The molecule has 0 aromatic rings. The molecule has 0 atom stereocenters. The van der Waals surface area contributed by atoms with Crippen LogP contribution in [0.3, 0.4) is 0 Å². The molecule has 2 nitrogen and oxygen atoms in total. The van der Waals surface area contributed by atoms with Crippen molar-refractivity contribution in [2.45, 2.75) is 123 Å². The Morgan fingerprint density at radius 2 is 0.621 bits per heavy atom. The fourth-order valence-corrected chi connectivity index (χ4v) is 7.78. The van der Waals surface area contributed by atoms with E-state index in [1.54, 1.807) is 83.5 Å². The van der Waals surface area contributed by atoms with Crippen LogP contribution in [-0.4, -0.2) is 11.0 Å². The first-order valence-corrected chi connectivity index (χ1v) is 13.2. The predicted octanol–water partition coefficient (Wildman–Crippen LogP) is 6.99. The van der Waals surface area contributed by atoms with Crippen molar-refractivity contribution >= 4 is 0 Å². The molecule has 0 heterocycles. The molecule has 4 rings (SSSR count). The van der Waals surface area contributed by atoms with Gasteiger partial charge < -0.3 is 11.0 Å². The summed E-state index contributed by atoms with van der Waals surface area (Å²) < 4.78 is 0. The van der Waals surface area contributed by atoms with E-state index in [0.717, 1.165) is 47.3 Å². The quantitative estimate of drug-likeness (QED) is 0.481. The van der Waals surface area contributed by atoms with E-state index in [9.17, 15) is 0 Å². The number of rotatable bonds is 4. The van der Waals surface area contributed by atoms with Crippen LogP contribution in [0.15, 0.2) is 0 Å². The van der Waals surface area contributed by atoms with Gasteiger partial charge in [-0.2, -0.15) is 0 Å². The Bertz CT molecular complexity index is 418. The average molecular weight is 409 g/mol. The summed E-state index contributed by atoms with van der Waals surface area (Å²) >= 11 is 0. The van der Waals surface area contributed by atoms with E-state index in [2.05, 4.69) is 13.8 Å². The van der Waals surface area contributed by atoms with Crippen molar-refractivity contribution in [2.24, 2.45) is 47.3 Å². The van der Waals surface area contributed by atoms with Gasteiger partial charge in [0.05, 0.1) is 0 Å². The monoisotopic (exact) mass is 408 g/mol. The minimum atomic E-state index is 0. The van der Waals surface area contributed by atoms with Crippen molar-refractivity contribution in [3.8, 4) is 0 Å². The second-order valence-electron chi connectivity index (χ2n) is 11.8. The summed E-state index contributed by atoms with van der Waals surface area (Å²) in [6.45, 7) is 4.93. The fourth-order valence-electron chi connectivity index (χ4n) is 7.78. The van der Waals surface area contributed by atoms with Crippen molar-refractivity contribution < 1.29 is 11.0 Å². The first-order valence-electron chi connectivity index (χ1n) is 13.2. The molecule has 0 spiro atoms. The van der Waals surface area contributed by atoms with Crippen molar-refractivity contribution in [1.29, 1.82) is 0 Å². The zero-order valence-corrected chi connectivity index (χ0v) is 19.6. The molecule has 0 aromatic heterocycles. The van der Waals surface area contributed by atoms with Gasteiger partial charge in [-0.25, -0.2) is 0 Å². The first kappa shape index (κ1) is 25.2. The van der Waals surface area contributed by atoms with Gasteiger partial charge in [-0.05, 0) is 105 Å². The van der Waals surface area contributed by atoms with Crippen molar-refractivity contribution in [3.05, 3.63) is 0 Å². The van der Waals surface area contributed by atoms with E-state index in [-0.39, 0.29) is 11.0 Å². The van der Waals surface area contributed by atoms with Gasteiger partial charge in [0.1, 0.15) is 0 Å². The maximum absolute atomic E-state index is 2.47. The minimum absolute atomic E-state index is 0. The molecule has 4 fully saturated rings. The van der Waals surface area contributed by atoms with Gasteiger partial charge in [-0.1, -0.05) is 65.2 Å². The zero-order valence-electron chi connectivity index (χ0n) is 19.6. The summed E-state index contributed by atoms with van der Waals surface area (Å²) in [5.41, 5.74) is 0. The van der Waals surface area contributed by atoms with E-state index in [0.29, 0.717) is 0 Å². The molecule has 4 aliphatic carbocycles. The van der Waals surface area contributed by atoms with E-state index in [1.165, 1.54) is 25.7 Å². The highest BCUT2D eigenvalue weighted by molar-refractivity contribution is 4.86. The number of hydrogen-bond acceptors (Lipinski definition) is 0. The molecule has 0 amide bonds. The van der Waals surface area contributed by atoms with Crippen molar-refractivity contribution in [2.75, 3.05) is 0 Å². The largest absolute Gasteiger partial charge is 0.412 e. The van der Waals surface area contributed by atoms with Crippen LogP contribution in [0.25, 0.3) is 0 Å². The third-order valence-electron chi connectivity index (χ3n) is 9.90. The van der Waals surface area contributed by atoms with Gasteiger partial charge in [0.2, 0.25) is 0 Å². The molecular formula is C27H52O2. The van der Waals surface area contributed by atoms with Crippen LogP contribution < -0.4 is 0 Å². The smallest absolute Gasteiger partial charge is 0.0386 e. The predicted molar refractivity (Wildman–Crippen MR) is 125 cm³/mol. The molecule has 0 aliphatic heterocycles. The third-order valence-corrected chi connectivity index (χ3v) is 9.90. The van der Waals surface area contributed by atoms with Gasteiger partial charge >= 0.3 is 0 Å². The zero-order chi connectivity index (χ0) is 18.6. The van der Waals surface area contributed by atoms with E-state index in [4.69, 9.17) is 0 Å². The Labute approximate surface area is 181 Å². The summed E-state index contributed by atoms with van der Waals surface area (Å²) in [4.78, 5) is 0. The van der Waals surface area contributed by atoms with Crippen molar-refractivity contribution in [1.82, 2.24) is 0 Å². The molecule has 0 saturated heterocycles. The normalized spacial score (nSPS) is 43.7. The highest BCUT2D eigenvalue weighted by Crippen LogP contribution is 2.47. The van der Waals surface area contributed by atoms with Crippen LogP contribution >= 0.6 is 0 Å². The molecule has 2 heteroatoms. The Balaban J connectivity index is 0.00000150. The van der Waals surface area contributed by atoms with Gasteiger partial charge in [0.25, 0.3) is 0 Å². The SMILES string of the molecule is CC1CCC(CC2CCC(C3CCC(C4CCC(C)CC4)CC3)CC2)CC1.O.O. The van der Waals surface area contributed by atoms with Gasteiger partial charge in [-0.15, -0.1) is 0 Å². The Morgan fingerprint density at radius 3 is 1.00 bits per heavy atom. The van der Waals surface area contributed by atoms with Crippen LogP contribution in [0.5, 0.6) is 0 Å². The van der Waals surface area contributed by atoms with E-state index < -0.39 is 0 Å². The molecule has 0 aromatic carbocycles. The molecule has 172 valence electrons. The third kappa shape index (κ3) is 6.96. The lowest BCUT2D eigenvalue weighted by Gasteiger charge is -2.41. The standard InChI is InChI=1S/C27H48.2H2O/c1-20-3-7-22(8-4-20)19-23-9-13-25(14-10-23)27-17-15-26(16-18-27)24-11-5-21(2)6-12-24;;/h20-27H,3-19H2,1-2H3;2*1H2. The van der Waals surface area contributed by atoms with Crippen LogP contribution in [0.4, 0.5) is 0 Å². The molecule has 29 heavy (non-hydrogen) atoms. The molecule has 4 aliphatic rings. The van der Waals surface area contributed by atoms with Gasteiger partial charge in [0.15, 0.2) is 0 Å². The summed E-state index contributed by atoms with van der Waals surface area (Å²) in [5, 5.41) is 0. The molecule has 4 N–H and O–H groups in total. The Hall–Kier alpha value is -0.0800. The van der Waals surface area contributed by atoms with Gasteiger partial charge in [0, 0.05) is 0 Å². The summed E-state index contributed by atoms with van der Waals surface area (Å²) in [6.07, 6.45) is 26.6. The second-order valence-corrected chi connectivity index (χ2v) is 11.8. The minimum Gasteiger partial charge on any atom is -0.412 e. The molecule has 0 bridgehead atoms. The summed E-state index contributed by atoms with van der Waals surface area (Å²) in [7, 11) is 0. The first-order chi connectivity index (χ1) is 13.2. The highest BCUT2D eigenvalue weighted by Gasteiger charge is 2.34. The van der Waals surface area contributed by atoms with Crippen LogP contribution in [0.2, 0.25) is 0 Å². The Kier molecular flexibility index (Phi) is 10.5. The van der Waals surface area contributed by atoms with E-state index in [1.807, 2.05) is 0 Å². The van der Waals surface area contributed by atoms with Crippen LogP contribution in [0.1, 0.15) is 123 Å². The average Bonchev–Trinajstić information content (AvgIpc) is 2.71. The molecular weight excluding hydrogens is 356 g/mol.